The summed E-state index contributed by atoms with van der Waals surface area (Å²) in [5.41, 5.74) is 14.6. The number of aromatic nitrogens is 6. The maximum absolute atomic E-state index is 13.8. The van der Waals surface area contributed by atoms with Gasteiger partial charge in [0.05, 0.1) is 45.2 Å². The lowest BCUT2D eigenvalue weighted by Gasteiger charge is -2.30. The molecule has 2 aliphatic heterocycles. The van der Waals surface area contributed by atoms with Gasteiger partial charge in [0.1, 0.15) is 41.1 Å². The van der Waals surface area contributed by atoms with Crippen molar-refractivity contribution in [3.63, 3.8) is 0 Å². The molecule has 360 valence electrons. The van der Waals surface area contributed by atoms with Crippen molar-refractivity contribution in [1.82, 2.24) is 30.7 Å². The summed E-state index contributed by atoms with van der Waals surface area (Å²) in [7, 11) is 3.36. The third-order valence-corrected chi connectivity index (χ3v) is 12.8. The van der Waals surface area contributed by atoms with Crippen molar-refractivity contribution in [1.29, 1.82) is 0 Å². The van der Waals surface area contributed by atoms with E-state index >= 15 is 0 Å². The van der Waals surface area contributed by atoms with Crippen LogP contribution in [0.15, 0.2) is 168 Å². The molecule has 0 aliphatic carbocycles. The van der Waals surface area contributed by atoms with Gasteiger partial charge in [-0.25, -0.2) is 0 Å². The van der Waals surface area contributed by atoms with Crippen LogP contribution in [-0.2, 0) is 24.2 Å². The van der Waals surface area contributed by atoms with Gasteiger partial charge >= 0.3 is 0 Å². The highest BCUT2D eigenvalue weighted by molar-refractivity contribution is 6.11. The van der Waals surface area contributed by atoms with Gasteiger partial charge in [0.25, 0.3) is 5.91 Å². The van der Waals surface area contributed by atoms with E-state index in [1.807, 2.05) is 97.1 Å². The minimum absolute atomic E-state index is 0. The second-order valence-electron chi connectivity index (χ2n) is 17.0. The van der Waals surface area contributed by atoms with Crippen LogP contribution in [0.25, 0.3) is 28.2 Å². The number of amides is 1. The number of hydrogen-bond donors (Lipinski definition) is 2. The molecule has 0 saturated carbocycles. The number of H-pyrrole nitrogens is 2. The molecule has 0 radical (unpaired) electrons. The van der Waals surface area contributed by atoms with Gasteiger partial charge in [-0.05, 0) is 54.8 Å². The Morgan fingerprint density at radius 3 is 1.68 bits per heavy atom. The zero-order valence-corrected chi connectivity index (χ0v) is 39.2. The summed E-state index contributed by atoms with van der Waals surface area (Å²) >= 11 is 0. The minimum Gasteiger partial charge on any atom is -0.496 e. The van der Waals surface area contributed by atoms with Crippen LogP contribution in [0.5, 0.6) is 11.5 Å². The first-order chi connectivity index (χ1) is 34.5. The Bertz CT molecular complexity index is 3180. The van der Waals surface area contributed by atoms with E-state index in [4.69, 9.17) is 23.3 Å². The Kier molecular flexibility index (Phi) is 14.4. The number of unbranched alkanes of at least 4 members (excludes halogenated alkanes) is 1. The van der Waals surface area contributed by atoms with Crippen LogP contribution in [0, 0.1) is 0 Å². The molecule has 71 heavy (non-hydrogen) atoms. The van der Waals surface area contributed by atoms with E-state index in [9.17, 15) is 4.79 Å². The van der Waals surface area contributed by atoms with Crippen LogP contribution >= 0.6 is 0 Å². The lowest BCUT2D eigenvalue weighted by molar-refractivity contribution is 0.0988. The van der Waals surface area contributed by atoms with Gasteiger partial charge in [-0.3, -0.25) is 19.9 Å². The SMILES string of the molecule is C.C=C1c2n[nH]c(CCCC)c2C(c2ccccc2OC)N1c1ccc(-c2ccon2)cc1.COc1ccccc1C1c2c(n[nH]c2CCOCc2ccccc2)C(=O)N1c1ccc(-c2ccon2)cc1. The van der Waals surface area contributed by atoms with Crippen molar-refractivity contribution in [3.8, 4) is 34.0 Å². The maximum Gasteiger partial charge on any atom is 0.280 e. The van der Waals surface area contributed by atoms with Gasteiger partial charge < -0.3 is 28.2 Å². The molecule has 2 aliphatic rings. The quantitative estimate of drug-likeness (QED) is 0.0887. The highest BCUT2D eigenvalue weighted by Crippen LogP contribution is 2.50. The standard InChI is InChI=1S/C30H26N4O4.C26H26N4O2.CH4/c1-36-26-10-6-5-9-23(26)29-27-25(15-17-37-19-20-7-3-2-4-8-20)31-32-28(27)30(35)34(29)22-13-11-21(12-14-22)24-16-18-38-33-24;1-4-5-9-22-24-25(28-27-22)17(2)30(26(24)20-8-6-7-10-23(20)31-3)19-13-11-18(12-14-19)21-15-16-32-29-21;/h2-14,16,18,29H,15,17,19H2,1H3,(H,31,32);6-8,10-16,26H,2,4-5,9H2,1,3H3,(H,27,28);1H4. The Balaban J connectivity index is 0.000000176. The smallest absolute Gasteiger partial charge is 0.280 e. The van der Waals surface area contributed by atoms with E-state index in [1.54, 1.807) is 31.4 Å². The Hall–Kier alpha value is -8.49. The number of anilines is 2. The molecule has 0 bridgehead atoms. The van der Waals surface area contributed by atoms with Crippen molar-refractivity contribution < 1.29 is 28.1 Å². The first-order valence-electron chi connectivity index (χ1n) is 23.3. The number of benzene rings is 5. The average Bonchev–Trinajstić information content (AvgIpc) is 4.29. The zero-order chi connectivity index (χ0) is 48.0. The largest absolute Gasteiger partial charge is 0.496 e. The molecule has 14 nitrogen and oxygen atoms in total. The third-order valence-electron chi connectivity index (χ3n) is 12.8. The molecule has 9 aromatic rings. The number of rotatable bonds is 16. The fourth-order valence-corrected chi connectivity index (χ4v) is 9.43. The molecule has 0 fully saturated rings. The normalized spacial score (nSPS) is 14.7. The Morgan fingerprint density at radius 1 is 0.620 bits per heavy atom. The van der Waals surface area contributed by atoms with Crippen molar-refractivity contribution in [2.75, 3.05) is 30.6 Å². The number of carbonyl (C=O) groups is 1. The number of hydrogen-bond acceptors (Lipinski definition) is 11. The highest BCUT2D eigenvalue weighted by Gasteiger charge is 2.44. The topological polar surface area (TPSA) is 161 Å². The van der Waals surface area contributed by atoms with Crippen molar-refractivity contribution in [2.45, 2.75) is 58.7 Å². The van der Waals surface area contributed by atoms with E-state index in [0.717, 1.165) is 98.2 Å². The number of para-hydroxylation sites is 2. The summed E-state index contributed by atoms with van der Waals surface area (Å²) in [5, 5.41) is 23.5. The molecule has 2 atom stereocenters. The first kappa shape index (κ1) is 47.6. The van der Waals surface area contributed by atoms with Crippen LogP contribution < -0.4 is 19.3 Å². The third kappa shape index (κ3) is 9.37. The number of carbonyl (C=O) groups excluding carboxylic acids is 1. The molecule has 2 unspecified atom stereocenters. The molecule has 6 heterocycles. The van der Waals surface area contributed by atoms with Crippen molar-refractivity contribution in [3.05, 3.63) is 209 Å². The number of ether oxygens (including phenoxy) is 3. The van der Waals surface area contributed by atoms with Crippen LogP contribution in [0.2, 0.25) is 0 Å². The predicted molar refractivity (Wildman–Crippen MR) is 274 cm³/mol. The monoisotopic (exact) mass is 948 g/mol. The van der Waals surface area contributed by atoms with Crippen LogP contribution in [0.4, 0.5) is 11.4 Å². The molecule has 0 spiro atoms. The maximum atomic E-state index is 13.8. The second kappa shape index (κ2) is 21.4. The lowest BCUT2D eigenvalue weighted by atomic mass is 9.96. The molecule has 2 N–H and O–H groups in total. The number of methoxy groups -OCH3 is 2. The van der Waals surface area contributed by atoms with Crippen LogP contribution in [-0.4, -0.2) is 57.4 Å². The minimum atomic E-state index is -0.408. The molecular formula is C57H56N8O6. The first-order valence-corrected chi connectivity index (χ1v) is 23.3. The van der Waals surface area contributed by atoms with E-state index in [1.165, 1.54) is 17.5 Å². The van der Waals surface area contributed by atoms with E-state index in [0.29, 0.717) is 31.1 Å². The predicted octanol–water partition coefficient (Wildman–Crippen LogP) is 12.2. The van der Waals surface area contributed by atoms with Gasteiger partial charge in [-0.1, -0.05) is 129 Å². The van der Waals surface area contributed by atoms with Gasteiger partial charge in [-0.2, -0.15) is 10.2 Å². The fourth-order valence-electron chi connectivity index (χ4n) is 9.43. The zero-order valence-electron chi connectivity index (χ0n) is 39.2. The second-order valence-corrected chi connectivity index (χ2v) is 17.0. The molecule has 4 aromatic heterocycles. The molecule has 14 heteroatoms. The van der Waals surface area contributed by atoms with Crippen LogP contribution in [0.3, 0.4) is 0 Å². The van der Waals surface area contributed by atoms with Crippen molar-refractivity contribution in [2.24, 2.45) is 0 Å². The van der Waals surface area contributed by atoms with Gasteiger partial charge in [0, 0.05) is 74.7 Å². The van der Waals surface area contributed by atoms with E-state index in [2.05, 4.69) is 85.5 Å². The number of fused-ring (bicyclic) bond motifs is 2. The van der Waals surface area contributed by atoms with E-state index in [-0.39, 0.29) is 19.4 Å². The molecule has 1 amide bonds. The highest BCUT2D eigenvalue weighted by atomic mass is 16.5. The Morgan fingerprint density at radius 2 is 1.13 bits per heavy atom. The molecule has 0 saturated heterocycles. The number of aryl methyl sites for hydroxylation is 1. The average molecular weight is 949 g/mol. The number of nitrogens with zero attached hydrogens (tertiary/aromatic N) is 6. The molecule has 5 aromatic carbocycles. The van der Waals surface area contributed by atoms with E-state index < -0.39 is 6.04 Å². The van der Waals surface area contributed by atoms with Crippen LogP contribution in [0.1, 0.15) is 94.7 Å². The number of nitrogens with one attached hydrogen (secondary N) is 2. The summed E-state index contributed by atoms with van der Waals surface area (Å²) in [6, 6.07) is 45.2. The van der Waals surface area contributed by atoms with Gasteiger partial charge in [0.2, 0.25) is 0 Å². The molecular weight excluding hydrogens is 893 g/mol. The fraction of sp³-hybridized carbons (Fsp3) is 0.211. The summed E-state index contributed by atoms with van der Waals surface area (Å²) in [5.74, 6) is 1.39. The summed E-state index contributed by atoms with van der Waals surface area (Å²) < 4.78 is 27.4. The Labute approximate surface area is 412 Å². The molecule has 11 rings (SSSR count). The summed E-state index contributed by atoms with van der Waals surface area (Å²) in [6.07, 6.45) is 6.89. The number of aromatic amines is 2. The van der Waals surface area contributed by atoms with Crippen molar-refractivity contribution >= 4 is 23.0 Å². The van der Waals surface area contributed by atoms with Gasteiger partial charge in [0.15, 0.2) is 5.69 Å². The lowest BCUT2D eigenvalue weighted by Crippen LogP contribution is -2.29. The summed E-state index contributed by atoms with van der Waals surface area (Å²) in [4.78, 5) is 17.8. The summed E-state index contributed by atoms with van der Waals surface area (Å²) in [6.45, 7) is 7.64. The van der Waals surface area contributed by atoms with Gasteiger partial charge in [-0.15, -0.1) is 0 Å².